The number of benzene rings is 3. The van der Waals surface area contributed by atoms with Crippen LogP contribution in [0.15, 0.2) is 77.7 Å². The lowest BCUT2D eigenvalue weighted by molar-refractivity contribution is -0.137. The summed E-state index contributed by atoms with van der Waals surface area (Å²) in [6, 6.07) is 20.1. The first-order valence-electron chi connectivity index (χ1n) is 10.4. The summed E-state index contributed by atoms with van der Waals surface area (Å²) in [7, 11) is -4.20. The molecule has 4 nitrogen and oxygen atoms in total. The average molecular weight is 495 g/mol. The van der Waals surface area contributed by atoms with Gasteiger partial charge in [-0.05, 0) is 41.3 Å². The molecule has 0 spiro atoms. The zero-order valence-electron chi connectivity index (χ0n) is 17.5. The Balaban J connectivity index is 1.39. The molecule has 0 radical (unpaired) electrons. The molecule has 1 saturated heterocycles. The standard InChI is InChI=1S/C24H22ClF3N2O2S/c25-22-11-10-20(24(26,27)28)14-23(22)33(31,32)29-21-12-13-30(16-21)15-17-6-8-19(9-7-17)18-4-2-1-3-5-18/h1-11,14,21,29H,12-13,15-16H2/t21-/m1/s1. The van der Waals surface area contributed by atoms with Gasteiger partial charge in [-0.3, -0.25) is 4.90 Å². The van der Waals surface area contributed by atoms with Crippen molar-refractivity contribution in [1.29, 1.82) is 0 Å². The van der Waals surface area contributed by atoms with E-state index in [2.05, 4.69) is 21.8 Å². The highest BCUT2D eigenvalue weighted by Gasteiger charge is 2.34. The van der Waals surface area contributed by atoms with Crippen LogP contribution in [0, 0.1) is 0 Å². The largest absolute Gasteiger partial charge is 0.416 e. The van der Waals surface area contributed by atoms with Crippen molar-refractivity contribution in [2.75, 3.05) is 13.1 Å². The van der Waals surface area contributed by atoms with Crippen LogP contribution in [-0.4, -0.2) is 32.4 Å². The Hall–Kier alpha value is -2.39. The fraction of sp³-hybridized carbons (Fsp3) is 0.250. The van der Waals surface area contributed by atoms with E-state index in [1.165, 1.54) is 0 Å². The van der Waals surface area contributed by atoms with Gasteiger partial charge < -0.3 is 0 Å². The maximum atomic E-state index is 13.0. The molecule has 0 aliphatic carbocycles. The average Bonchev–Trinajstić information content (AvgIpc) is 3.20. The third kappa shape index (κ3) is 5.76. The van der Waals surface area contributed by atoms with E-state index in [1.807, 2.05) is 42.5 Å². The lowest BCUT2D eigenvalue weighted by atomic mass is 10.0. The second kappa shape index (κ2) is 9.46. The van der Waals surface area contributed by atoms with Crippen LogP contribution >= 0.6 is 11.6 Å². The molecule has 3 aromatic carbocycles. The SMILES string of the molecule is O=S(=O)(N[C@@H]1CCN(Cc2ccc(-c3ccccc3)cc2)C1)c1cc(C(F)(F)F)ccc1Cl. The summed E-state index contributed by atoms with van der Waals surface area (Å²) in [6.45, 7) is 1.78. The van der Waals surface area contributed by atoms with E-state index >= 15 is 0 Å². The summed E-state index contributed by atoms with van der Waals surface area (Å²) in [5.41, 5.74) is 2.29. The Morgan fingerprint density at radius 2 is 1.64 bits per heavy atom. The Kier molecular flexibility index (Phi) is 6.81. The van der Waals surface area contributed by atoms with E-state index in [0.717, 1.165) is 28.8 Å². The Bertz CT molecular complexity index is 1220. The summed E-state index contributed by atoms with van der Waals surface area (Å²) in [4.78, 5) is 1.55. The highest BCUT2D eigenvalue weighted by atomic mass is 35.5. The van der Waals surface area contributed by atoms with Crippen molar-refractivity contribution < 1.29 is 21.6 Å². The molecule has 0 bridgehead atoms. The smallest absolute Gasteiger partial charge is 0.297 e. The Morgan fingerprint density at radius 1 is 0.970 bits per heavy atom. The molecule has 1 aliphatic rings. The molecule has 4 rings (SSSR count). The van der Waals surface area contributed by atoms with Crippen molar-refractivity contribution in [1.82, 2.24) is 9.62 Å². The van der Waals surface area contributed by atoms with Crippen LogP contribution < -0.4 is 4.72 Å². The zero-order valence-corrected chi connectivity index (χ0v) is 19.1. The van der Waals surface area contributed by atoms with Crippen LogP contribution in [-0.2, 0) is 22.7 Å². The van der Waals surface area contributed by atoms with Crippen molar-refractivity contribution in [3.05, 3.63) is 88.9 Å². The predicted octanol–water partition coefficient (Wildman–Crippen LogP) is 5.58. The first kappa shape index (κ1) is 23.8. The molecule has 3 aromatic rings. The van der Waals surface area contributed by atoms with Gasteiger partial charge in [0.25, 0.3) is 0 Å². The summed E-state index contributed by atoms with van der Waals surface area (Å²) >= 11 is 5.91. The van der Waals surface area contributed by atoms with Crippen molar-refractivity contribution in [2.24, 2.45) is 0 Å². The van der Waals surface area contributed by atoms with Crippen LogP contribution in [0.3, 0.4) is 0 Å². The number of likely N-dealkylation sites (tertiary alicyclic amines) is 1. The second-order valence-corrected chi connectivity index (χ2v) is 10.1. The van der Waals surface area contributed by atoms with E-state index in [0.29, 0.717) is 32.1 Å². The minimum absolute atomic E-state index is 0.246. The first-order chi connectivity index (χ1) is 15.6. The van der Waals surface area contributed by atoms with Crippen LogP contribution in [0.4, 0.5) is 13.2 Å². The van der Waals surface area contributed by atoms with Crippen LogP contribution in [0.2, 0.25) is 5.02 Å². The van der Waals surface area contributed by atoms with E-state index < -0.39 is 32.7 Å². The van der Waals surface area contributed by atoms with Crippen molar-refractivity contribution >= 4 is 21.6 Å². The molecule has 1 atom stereocenters. The molecule has 1 aliphatic heterocycles. The highest BCUT2D eigenvalue weighted by molar-refractivity contribution is 7.89. The van der Waals surface area contributed by atoms with Gasteiger partial charge in [0.2, 0.25) is 10.0 Å². The summed E-state index contributed by atoms with van der Waals surface area (Å²) in [6.07, 6.45) is -4.10. The predicted molar refractivity (Wildman–Crippen MR) is 122 cm³/mol. The molecule has 9 heteroatoms. The number of halogens is 4. The van der Waals surface area contributed by atoms with Gasteiger partial charge in [-0.2, -0.15) is 13.2 Å². The molecule has 0 saturated carbocycles. The molecule has 1 heterocycles. The zero-order chi connectivity index (χ0) is 23.6. The van der Waals surface area contributed by atoms with Crippen molar-refractivity contribution in [3.63, 3.8) is 0 Å². The van der Waals surface area contributed by atoms with Crippen molar-refractivity contribution in [3.8, 4) is 11.1 Å². The molecule has 1 fully saturated rings. The number of hydrogen-bond acceptors (Lipinski definition) is 3. The van der Waals surface area contributed by atoms with Gasteiger partial charge >= 0.3 is 6.18 Å². The summed E-state index contributed by atoms with van der Waals surface area (Å²) < 4.78 is 67.0. The van der Waals surface area contributed by atoms with Crippen molar-refractivity contribution in [2.45, 2.75) is 30.1 Å². The third-order valence-corrected chi connectivity index (χ3v) is 7.61. The van der Waals surface area contributed by atoms with Gasteiger partial charge in [0.05, 0.1) is 10.6 Å². The highest BCUT2D eigenvalue weighted by Crippen LogP contribution is 2.33. The lowest BCUT2D eigenvalue weighted by Gasteiger charge is -2.18. The molecular formula is C24H22ClF3N2O2S. The van der Waals surface area contributed by atoms with Gasteiger partial charge in [-0.1, -0.05) is 66.2 Å². The maximum absolute atomic E-state index is 13.0. The van der Waals surface area contributed by atoms with Crippen LogP contribution in [0.1, 0.15) is 17.5 Å². The van der Waals surface area contributed by atoms with E-state index in [-0.39, 0.29) is 5.02 Å². The monoisotopic (exact) mass is 494 g/mol. The fourth-order valence-electron chi connectivity index (χ4n) is 3.93. The van der Waals surface area contributed by atoms with Gasteiger partial charge in [0.1, 0.15) is 4.90 Å². The molecule has 0 unspecified atom stereocenters. The third-order valence-electron chi connectivity index (χ3n) is 5.61. The fourth-order valence-corrected chi connectivity index (χ4v) is 5.72. The summed E-state index contributed by atoms with van der Waals surface area (Å²) in [5, 5.41) is -0.246. The quantitative estimate of drug-likeness (QED) is 0.487. The molecule has 0 aromatic heterocycles. The second-order valence-electron chi connectivity index (χ2n) is 8.05. The molecular weight excluding hydrogens is 473 g/mol. The van der Waals surface area contributed by atoms with E-state index in [1.54, 1.807) is 0 Å². The first-order valence-corrected chi connectivity index (χ1v) is 12.2. The molecule has 0 amide bonds. The van der Waals surface area contributed by atoms with E-state index in [4.69, 9.17) is 11.6 Å². The molecule has 1 N–H and O–H groups in total. The number of alkyl halides is 3. The maximum Gasteiger partial charge on any atom is 0.416 e. The lowest BCUT2D eigenvalue weighted by Crippen LogP contribution is -2.37. The molecule has 174 valence electrons. The summed E-state index contributed by atoms with van der Waals surface area (Å²) in [5.74, 6) is 0. The Labute approximate surface area is 196 Å². The normalized spacial score (nSPS) is 17.4. The molecule has 33 heavy (non-hydrogen) atoms. The number of rotatable bonds is 6. The van der Waals surface area contributed by atoms with Crippen LogP contribution in [0.25, 0.3) is 11.1 Å². The number of nitrogens with one attached hydrogen (secondary N) is 1. The van der Waals surface area contributed by atoms with Gasteiger partial charge in [0, 0.05) is 25.7 Å². The van der Waals surface area contributed by atoms with Gasteiger partial charge in [-0.15, -0.1) is 0 Å². The minimum atomic E-state index is -4.66. The Morgan fingerprint density at radius 3 is 2.30 bits per heavy atom. The van der Waals surface area contributed by atoms with E-state index in [9.17, 15) is 21.6 Å². The van der Waals surface area contributed by atoms with Gasteiger partial charge in [0.15, 0.2) is 0 Å². The number of sulfonamides is 1. The number of nitrogens with zero attached hydrogens (tertiary/aromatic N) is 1. The van der Waals surface area contributed by atoms with Gasteiger partial charge in [-0.25, -0.2) is 13.1 Å². The topological polar surface area (TPSA) is 49.4 Å². The minimum Gasteiger partial charge on any atom is -0.297 e. The number of hydrogen-bond donors (Lipinski definition) is 1. The van der Waals surface area contributed by atoms with Crippen LogP contribution in [0.5, 0.6) is 0 Å².